The van der Waals surface area contributed by atoms with E-state index in [-0.39, 0.29) is 0 Å². The van der Waals surface area contributed by atoms with Crippen molar-refractivity contribution >= 4 is 16.6 Å². The van der Waals surface area contributed by atoms with Gasteiger partial charge in [-0.2, -0.15) is 0 Å². The van der Waals surface area contributed by atoms with E-state index in [9.17, 15) is 0 Å². The highest BCUT2D eigenvalue weighted by Crippen LogP contribution is 2.25. The molecule has 0 aliphatic heterocycles. The first kappa shape index (κ1) is 12.8. The minimum Gasteiger partial charge on any atom is -0.384 e. The number of aromatic nitrogens is 1. The van der Waals surface area contributed by atoms with Gasteiger partial charge in [-0.1, -0.05) is 19.9 Å². The number of hydrogen-bond acceptors (Lipinski definition) is 3. The van der Waals surface area contributed by atoms with Crippen LogP contribution in [0.3, 0.4) is 0 Å². The quantitative estimate of drug-likeness (QED) is 0.793. The van der Waals surface area contributed by atoms with Gasteiger partial charge in [0.25, 0.3) is 0 Å². The second-order valence-corrected chi connectivity index (χ2v) is 4.86. The van der Waals surface area contributed by atoms with Crippen LogP contribution in [-0.4, -0.2) is 18.1 Å². The third-order valence-corrected chi connectivity index (χ3v) is 3.13. The van der Waals surface area contributed by atoms with Crippen molar-refractivity contribution in [2.24, 2.45) is 5.73 Å². The Labute approximate surface area is 108 Å². The molecule has 96 valence electrons. The van der Waals surface area contributed by atoms with Crippen LogP contribution in [-0.2, 0) is 0 Å². The maximum atomic E-state index is 5.52. The van der Waals surface area contributed by atoms with Gasteiger partial charge in [0.15, 0.2) is 0 Å². The summed E-state index contributed by atoms with van der Waals surface area (Å²) in [5.74, 6) is 0.534. The molecule has 1 aromatic carbocycles. The number of nitrogens with zero attached hydrogens (tertiary/aromatic N) is 1. The zero-order valence-electron chi connectivity index (χ0n) is 11.1. The normalized spacial score (nSPS) is 11.1. The minimum absolute atomic E-state index is 0.534. The zero-order chi connectivity index (χ0) is 13.0. The van der Waals surface area contributed by atoms with Gasteiger partial charge in [-0.25, -0.2) is 0 Å². The third kappa shape index (κ3) is 2.79. The monoisotopic (exact) mass is 243 g/mol. The Bertz CT molecular complexity index is 520. The van der Waals surface area contributed by atoms with Crippen molar-refractivity contribution in [3.8, 4) is 0 Å². The fraction of sp³-hybridized carbons (Fsp3) is 0.400. The van der Waals surface area contributed by atoms with E-state index in [0.717, 1.165) is 24.2 Å². The lowest BCUT2D eigenvalue weighted by Crippen LogP contribution is -2.08. The molecule has 2 aromatic rings. The lowest BCUT2D eigenvalue weighted by Gasteiger charge is -2.11. The lowest BCUT2D eigenvalue weighted by molar-refractivity contribution is 0.867. The maximum absolute atomic E-state index is 5.52. The topological polar surface area (TPSA) is 50.9 Å². The molecule has 1 aromatic heterocycles. The molecule has 0 aliphatic rings. The average molecular weight is 243 g/mol. The summed E-state index contributed by atoms with van der Waals surface area (Å²) < 4.78 is 0. The molecule has 2 rings (SSSR count). The number of hydrogen-bond donors (Lipinski definition) is 2. The summed E-state index contributed by atoms with van der Waals surface area (Å²) in [6.07, 6.45) is 2.83. The number of benzene rings is 1. The Morgan fingerprint density at radius 2 is 2.11 bits per heavy atom. The van der Waals surface area contributed by atoms with Gasteiger partial charge in [0.1, 0.15) is 0 Å². The van der Waals surface area contributed by atoms with E-state index in [2.05, 4.69) is 42.3 Å². The summed E-state index contributed by atoms with van der Waals surface area (Å²) in [7, 11) is 0. The van der Waals surface area contributed by atoms with Gasteiger partial charge < -0.3 is 11.1 Å². The molecule has 0 bridgehead atoms. The van der Waals surface area contributed by atoms with Crippen molar-refractivity contribution in [1.82, 2.24) is 4.98 Å². The molecule has 0 saturated heterocycles. The predicted octanol–water partition coefficient (Wildman–Crippen LogP) is 3.12. The fourth-order valence-corrected chi connectivity index (χ4v) is 2.00. The standard InChI is InChI=1S/C15H21N3/c1-11(2)12-4-5-14-13(10-12)15(6-9-18-14)17-8-3-7-16/h4-6,9-11H,3,7-8,16H2,1-2H3,(H,17,18). The van der Waals surface area contributed by atoms with E-state index in [1.165, 1.54) is 10.9 Å². The van der Waals surface area contributed by atoms with Crippen LogP contribution in [0.4, 0.5) is 5.69 Å². The first-order chi connectivity index (χ1) is 8.72. The first-order valence-corrected chi connectivity index (χ1v) is 6.55. The second-order valence-electron chi connectivity index (χ2n) is 4.86. The van der Waals surface area contributed by atoms with Crippen LogP contribution in [0, 0.1) is 0 Å². The predicted molar refractivity (Wildman–Crippen MR) is 78.0 cm³/mol. The number of anilines is 1. The highest BCUT2D eigenvalue weighted by Gasteiger charge is 2.05. The van der Waals surface area contributed by atoms with Crippen molar-refractivity contribution in [3.63, 3.8) is 0 Å². The van der Waals surface area contributed by atoms with Crippen LogP contribution in [0.1, 0.15) is 31.7 Å². The highest BCUT2D eigenvalue weighted by molar-refractivity contribution is 5.91. The molecule has 1 heterocycles. The molecule has 0 aliphatic carbocycles. The van der Waals surface area contributed by atoms with E-state index in [0.29, 0.717) is 12.5 Å². The van der Waals surface area contributed by atoms with E-state index in [1.54, 1.807) is 0 Å². The molecule has 3 nitrogen and oxygen atoms in total. The Kier molecular flexibility index (Phi) is 4.15. The van der Waals surface area contributed by atoms with Gasteiger partial charge in [0.05, 0.1) is 5.52 Å². The Morgan fingerprint density at radius 3 is 2.83 bits per heavy atom. The molecule has 0 spiro atoms. The Morgan fingerprint density at radius 1 is 1.28 bits per heavy atom. The number of fused-ring (bicyclic) bond motifs is 1. The lowest BCUT2D eigenvalue weighted by atomic mass is 10.0. The smallest absolute Gasteiger partial charge is 0.0722 e. The van der Waals surface area contributed by atoms with Crippen LogP contribution in [0.2, 0.25) is 0 Å². The number of nitrogens with one attached hydrogen (secondary N) is 1. The molecule has 0 radical (unpaired) electrons. The molecule has 0 atom stereocenters. The zero-order valence-corrected chi connectivity index (χ0v) is 11.1. The highest BCUT2D eigenvalue weighted by atomic mass is 14.9. The SMILES string of the molecule is CC(C)c1ccc2nccc(NCCCN)c2c1. The van der Waals surface area contributed by atoms with Crippen molar-refractivity contribution < 1.29 is 0 Å². The largest absolute Gasteiger partial charge is 0.384 e. The summed E-state index contributed by atoms with van der Waals surface area (Å²) >= 11 is 0. The minimum atomic E-state index is 0.534. The summed E-state index contributed by atoms with van der Waals surface area (Å²) in [5.41, 5.74) is 9.05. The molecular weight excluding hydrogens is 222 g/mol. The molecule has 0 fully saturated rings. The molecule has 0 amide bonds. The van der Waals surface area contributed by atoms with Gasteiger partial charge in [-0.05, 0) is 42.6 Å². The summed E-state index contributed by atoms with van der Waals surface area (Å²) in [4.78, 5) is 4.41. The number of rotatable bonds is 5. The van der Waals surface area contributed by atoms with E-state index >= 15 is 0 Å². The van der Waals surface area contributed by atoms with Gasteiger partial charge in [0, 0.05) is 23.8 Å². The molecule has 0 saturated carbocycles. The fourth-order valence-electron chi connectivity index (χ4n) is 2.00. The van der Waals surface area contributed by atoms with Gasteiger partial charge in [0.2, 0.25) is 0 Å². The van der Waals surface area contributed by atoms with E-state index in [4.69, 9.17) is 5.73 Å². The summed E-state index contributed by atoms with van der Waals surface area (Å²) in [6, 6.07) is 8.52. The Balaban J connectivity index is 2.36. The van der Waals surface area contributed by atoms with Crippen LogP contribution in [0.15, 0.2) is 30.5 Å². The van der Waals surface area contributed by atoms with Crippen molar-refractivity contribution in [1.29, 1.82) is 0 Å². The molecular formula is C15H21N3. The molecule has 18 heavy (non-hydrogen) atoms. The van der Waals surface area contributed by atoms with Crippen LogP contribution < -0.4 is 11.1 Å². The van der Waals surface area contributed by atoms with E-state index < -0.39 is 0 Å². The summed E-state index contributed by atoms with van der Waals surface area (Å²) in [5, 5.41) is 4.63. The maximum Gasteiger partial charge on any atom is 0.0722 e. The van der Waals surface area contributed by atoms with Crippen LogP contribution >= 0.6 is 0 Å². The van der Waals surface area contributed by atoms with E-state index in [1.807, 2.05) is 12.3 Å². The van der Waals surface area contributed by atoms with Crippen molar-refractivity contribution in [2.75, 3.05) is 18.4 Å². The van der Waals surface area contributed by atoms with Gasteiger partial charge >= 0.3 is 0 Å². The van der Waals surface area contributed by atoms with Crippen molar-refractivity contribution in [3.05, 3.63) is 36.0 Å². The van der Waals surface area contributed by atoms with Crippen LogP contribution in [0.25, 0.3) is 10.9 Å². The summed E-state index contributed by atoms with van der Waals surface area (Å²) in [6.45, 7) is 6.03. The number of nitrogens with two attached hydrogens (primary N) is 1. The second kappa shape index (κ2) is 5.83. The number of pyridine rings is 1. The molecule has 3 N–H and O–H groups in total. The third-order valence-electron chi connectivity index (χ3n) is 3.13. The van der Waals surface area contributed by atoms with Gasteiger partial charge in [-0.3, -0.25) is 4.98 Å². The molecule has 0 unspecified atom stereocenters. The van der Waals surface area contributed by atoms with Gasteiger partial charge in [-0.15, -0.1) is 0 Å². The molecule has 3 heteroatoms. The average Bonchev–Trinajstić information content (AvgIpc) is 2.38. The van der Waals surface area contributed by atoms with Crippen LogP contribution in [0.5, 0.6) is 0 Å². The van der Waals surface area contributed by atoms with Crippen molar-refractivity contribution in [2.45, 2.75) is 26.2 Å². The Hall–Kier alpha value is -1.61. The first-order valence-electron chi connectivity index (χ1n) is 6.55.